The number of carbonyl (C=O) groups excluding carboxylic acids is 1. The standard InChI is InChI=1S/C19H20N4O2S/c1-4-11-23-18(14-7-9-15(25-3)10-8-14)20-21-19(23)26-13-17(24)16-6-5-12-22(16)2/h4-10,12H,1,11,13H2,2-3H3. The van der Waals surface area contributed by atoms with Crippen LogP contribution in [0.1, 0.15) is 10.5 Å². The first kappa shape index (κ1) is 18.0. The summed E-state index contributed by atoms with van der Waals surface area (Å²) >= 11 is 1.38. The van der Waals surface area contributed by atoms with Gasteiger partial charge in [-0.25, -0.2) is 0 Å². The van der Waals surface area contributed by atoms with Crippen molar-refractivity contribution in [1.29, 1.82) is 0 Å². The predicted molar refractivity (Wildman–Crippen MR) is 103 cm³/mol. The molecule has 0 fully saturated rings. The third-order valence-electron chi connectivity index (χ3n) is 3.94. The second kappa shape index (κ2) is 8.05. The summed E-state index contributed by atoms with van der Waals surface area (Å²) in [6, 6.07) is 11.3. The van der Waals surface area contributed by atoms with Crippen LogP contribution in [0.3, 0.4) is 0 Å². The molecule has 2 heterocycles. The zero-order chi connectivity index (χ0) is 18.5. The number of rotatable bonds is 8. The van der Waals surface area contributed by atoms with Gasteiger partial charge in [-0.15, -0.1) is 16.8 Å². The number of allylic oxidation sites excluding steroid dienone is 1. The average molecular weight is 368 g/mol. The van der Waals surface area contributed by atoms with E-state index in [-0.39, 0.29) is 5.78 Å². The van der Waals surface area contributed by atoms with Gasteiger partial charge in [0.25, 0.3) is 0 Å². The van der Waals surface area contributed by atoms with E-state index >= 15 is 0 Å². The van der Waals surface area contributed by atoms with Crippen LogP contribution >= 0.6 is 11.8 Å². The van der Waals surface area contributed by atoms with Crippen molar-refractivity contribution < 1.29 is 9.53 Å². The molecule has 6 nitrogen and oxygen atoms in total. The largest absolute Gasteiger partial charge is 0.497 e. The van der Waals surface area contributed by atoms with Crippen LogP contribution < -0.4 is 4.74 Å². The smallest absolute Gasteiger partial charge is 0.192 e. The molecule has 0 atom stereocenters. The molecule has 26 heavy (non-hydrogen) atoms. The lowest BCUT2D eigenvalue weighted by Gasteiger charge is -2.08. The number of nitrogens with zero attached hydrogens (tertiary/aromatic N) is 4. The van der Waals surface area contributed by atoms with Gasteiger partial charge in [0.15, 0.2) is 16.8 Å². The molecule has 3 rings (SSSR count). The molecule has 0 aliphatic heterocycles. The quantitative estimate of drug-likeness (QED) is 0.346. The number of aromatic nitrogens is 4. The van der Waals surface area contributed by atoms with Crippen LogP contribution in [0.4, 0.5) is 0 Å². The lowest BCUT2D eigenvalue weighted by atomic mass is 10.2. The van der Waals surface area contributed by atoms with E-state index in [1.807, 2.05) is 58.8 Å². The molecule has 0 radical (unpaired) electrons. The Morgan fingerprint density at radius 1 is 1.27 bits per heavy atom. The lowest BCUT2D eigenvalue weighted by molar-refractivity contribution is 0.101. The van der Waals surface area contributed by atoms with E-state index in [9.17, 15) is 4.79 Å². The molecule has 0 saturated carbocycles. The monoisotopic (exact) mass is 368 g/mol. The number of thioether (sulfide) groups is 1. The predicted octanol–water partition coefficient (Wildman–Crippen LogP) is 3.45. The van der Waals surface area contributed by atoms with E-state index in [1.54, 1.807) is 13.2 Å². The molecule has 0 saturated heterocycles. The second-order valence-corrected chi connectivity index (χ2v) is 6.59. The number of aryl methyl sites for hydroxylation is 1. The molecule has 2 aromatic heterocycles. The number of ether oxygens (including phenoxy) is 1. The number of carbonyl (C=O) groups is 1. The summed E-state index contributed by atoms with van der Waals surface area (Å²) in [6.45, 7) is 4.37. The van der Waals surface area contributed by atoms with Crippen LogP contribution in [0, 0.1) is 0 Å². The molecule has 0 spiro atoms. The lowest BCUT2D eigenvalue weighted by Crippen LogP contribution is -2.09. The van der Waals surface area contributed by atoms with Crippen LogP contribution in [-0.2, 0) is 13.6 Å². The van der Waals surface area contributed by atoms with Gasteiger partial charge in [0.05, 0.1) is 18.6 Å². The Bertz CT molecular complexity index is 912. The summed E-state index contributed by atoms with van der Waals surface area (Å²) in [5, 5.41) is 9.27. The zero-order valence-corrected chi connectivity index (χ0v) is 15.6. The number of hydrogen-bond acceptors (Lipinski definition) is 5. The molecule has 0 aliphatic rings. The fraction of sp³-hybridized carbons (Fsp3) is 0.211. The fourth-order valence-electron chi connectivity index (χ4n) is 2.60. The first-order chi connectivity index (χ1) is 12.6. The average Bonchev–Trinajstić information content (AvgIpc) is 3.26. The van der Waals surface area contributed by atoms with Crippen LogP contribution in [-0.4, -0.2) is 38.0 Å². The summed E-state index contributed by atoms with van der Waals surface area (Å²) < 4.78 is 8.97. The third-order valence-corrected chi connectivity index (χ3v) is 4.91. The number of hydrogen-bond donors (Lipinski definition) is 0. The minimum absolute atomic E-state index is 0.0571. The highest BCUT2D eigenvalue weighted by Crippen LogP contribution is 2.26. The van der Waals surface area contributed by atoms with Crippen molar-refractivity contribution in [3.05, 3.63) is 60.9 Å². The van der Waals surface area contributed by atoms with Crippen LogP contribution in [0.25, 0.3) is 11.4 Å². The first-order valence-electron chi connectivity index (χ1n) is 8.10. The molecule has 3 aromatic rings. The topological polar surface area (TPSA) is 61.9 Å². The number of ketones is 1. The molecular formula is C19H20N4O2S. The molecule has 0 aliphatic carbocycles. The minimum atomic E-state index is 0.0571. The van der Waals surface area contributed by atoms with Gasteiger partial charge in [0, 0.05) is 25.4 Å². The highest BCUT2D eigenvalue weighted by atomic mass is 32.2. The molecule has 134 valence electrons. The van der Waals surface area contributed by atoms with Crippen molar-refractivity contribution in [1.82, 2.24) is 19.3 Å². The van der Waals surface area contributed by atoms with Gasteiger partial charge < -0.3 is 9.30 Å². The Kier molecular flexibility index (Phi) is 5.58. The van der Waals surface area contributed by atoms with Crippen LogP contribution in [0.5, 0.6) is 5.75 Å². The fourth-order valence-corrected chi connectivity index (χ4v) is 3.42. The van der Waals surface area contributed by atoms with Crippen LogP contribution in [0.15, 0.2) is 60.4 Å². The second-order valence-electron chi connectivity index (χ2n) is 5.65. The molecule has 0 amide bonds. The van der Waals surface area contributed by atoms with Gasteiger partial charge in [-0.05, 0) is 36.4 Å². The first-order valence-corrected chi connectivity index (χ1v) is 9.08. The van der Waals surface area contributed by atoms with Crippen molar-refractivity contribution in [2.75, 3.05) is 12.9 Å². The van der Waals surface area contributed by atoms with E-state index in [2.05, 4.69) is 16.8 Å². The summed E-state index contributed by atoms with van der Waals surface area (Å²) in [6.07, 6.45) is 3.65. The number of Topliss-reactive ketones (excluding diaryl/α,β-unsaturated/α-hetero) is 1. The highest BCUT2D eigenvalue weighted by molar-refractivity contribution is 7.99. The maximum atomic E-state index is 12.4. The summed E-state index contributed by atoms with van der Waals surface area (Å²) in [7, 11) is 3.49. The Morgan fingerprint density at radius 3 is 2.65 bits per heavy atom. The van der Waals surface area contributed by atoms with Gasteiger partial charge >= 0.3 is 0 Å². The summed E-state index contributed by atoms with van der Waals surface area (Å²) in [4.78, 5) is 12.4. The van der Waals surface area contributed by atoms with Crippen molar-refractivity contribution >= 4 is 17.5 Å². The maximum Gasteiger partial charge on any atom is 0.192 e. The van der Waals surface area contributed by atoms with E-state index in [4.69, 9.17) is 4.74 Å². The van der Waals surface area contributed by atoms with Gasteiger partial charge in [0.1, 0.15) is 5.75 Å². The molecule has 0 bridgehead atoms. The van der Waals surface area contributed by atoms with Gasteiger partial charge in [-0.2, -0.15) is 0 Å². The zero-order valence-electron chi connectivity index (χ0n) is 14.8. The SMILES string of the molecule is C=CCn1c(SCC(=O)c2cccn2C)nnc1-c1ccc(OC)cc1. The Balaban J connectivity index is 1.81. The summed E-state index contributed by atoms with van der Waals surface area (Å²) in [5.74, 6) is 1.88. The van der Waals surface area contributed by atoms with Crippen molar-refractivity contribution in [3.8, 4) is 17.1 Å². The van der Waals surface area contributed by atoms with E-state index < -0.39 is 0 Å². The normalized spacial score (nSPS) is 10.7. The van der Waals surface area contributed by atoms with E-state index in [0.29, 0.717) is 23.1 Å². The number of benzene rings is 1. The van der Waals surface area contributed by atoms with Crippen molar-refractivity contribution in [2.24, 2.45) is 7.05 Å². The van der Waals surface area contributed by atoms with Gasteiger partial charge in [-0.1, -0.05) is 17.8 Å². The molecular weight excluding hydrogens is 348 g/mol. The Labute approximate surface area is 156 Å². The Morgan fingerprint density at radius 2 is 2.04 bits per heavy atom. The molecule has 1 aromatic carbocycles. The van der Waals surface area contributed by atoms with E-state index in [1.165, 1.54) is 11.8 Å². The summed E-state index contributed by atoms with van der Waals surface area (Å²) in [5.41, 5.74) is 1.61. The van der Waals surface area contributed by atoms with E-state index in [0.717, 1.165) is 17.1 Å². The maximum absolute atomic E-state index is 12.4. The Hall–Kier alpha value is -2.80. The van der Waals surface area contributed by atoms with Crippen LogP contribution in [0.2, 0.25) is 0 Å². The molecule has 7 heteroatoms. The van der Waals surface area contributed by atoms with Gasteiger partial charge in [0.2, 0.25) is 0 Å². The number of methoxy groups -OCH3 is 1. The van der Waals surface area contributed by atoms with Crippen molar-refractivity contribution in [2.45, 2.75) is 11.7 Å². The molecule has 0 N–H and O–H groups in total. The van der Waals surface area contributed by atoms with Crippen molar-refractivity contribution in [3.63, 3.8) is 0 Å². The third kappa shape index (κ3) is 3.72. The minimum Gasteiger partial charge on any atom is -0.497 e. The highest BCUT2D eigenvalue weighted by Gasteiger charge is 2.16. The van der Waals surface area contributed by atoms with Gasteiger partial charge in [-0.3, -0.25) is 9.36 Å². The molecule has 0 unspecified atom stereocenters.